The second kappa shape index (κ2) is 15.8. The normalized spacial score (nSPS) is 20.9. The Morgan fingerprint density at radius 2 is 1.83 bits per heavy atom. The van der Waals surface area contributed by atoms with Gasteiger partial charge in [-0.1, -0.05) is 6.92 Å². The van der Waals surface area contributed by atoms with Gasteiger partial charge >= 0.3 is 0 Å². The highest BCUT2D eigenvalue weighted by atomic mass is 32.2. The molecule has 2 aromatic carbocycles. The van der Waals surface area contributed by atoms with E-state index in [1.807, 2.05) is 13.8 Å². The van der Waals surface area contributed by atoms with Crippen LogP contribution in [0.15, 0.2) is 64.9 Å². The third kappa shape index (κ3) is 9.11. The van der Waals surface area contributed by atoms with Gasteiger partial charge in [-0.05, 0) is 75.6 Å². The molecule has 48 heavy (non-hydrogen) atoms. The van der Waals surface area contributed by atoms with E-state index in [-0.39, 0.29) is 52.7 Å². The first-order valence-electron chi connectivity index (χ1n) is 15.7. The van der Waals surface area contributed by atoms with E-state index >= 15 is 0 Å². The maximum atomic E-state index is 14.3. The van der Waals surface area contributed by atoms with Crippen molar-refractivity contribution < 1.29 is 40.6 Å². The van der Waals surface area contributed by atoms with E-state index in [1.165, 1.54) is 59.4 Å². The number of fused-ring (bicyclic) bond motifs is 1. The summed E-state index contributed by atoms with van der Waals surface area (Å²) in [6.45, 7) is 5.35. The lowest BCUT2D eigenvalue weighted by Crippen LogP contribution is -2.48. The third-order valence-corrected chi connectivity index (χ3v) is 11.3. The molecule has 1 aromatic heterocycles. The lowest BCUT2D eigenvalue weighted by Gasteiger charge is -2.35. The molecule has 0 aliphatic carbocycles. The summed E-state index contributed by atoms with van der Waals surface area (Å²) in [5, 5.41) is 9.99. The third-order valence-electron chi connectivity index (χ3n) is 8.22. The standard InChI is InChI=1S/C32H44FN5O8S2/c1-22-17-38(23(2)20-39)32(40)28-16-26(35-47(41,42)31-19-36(4)21-34-31)11-14-29(28)46-24(3)8-6-7-15-45-30(22)18-37(5)48(43,44)27-12-9-25(33)10-13-27/h9-14,16,19,21-24,30,35,39H,6-8,15,17-18,20H2,1-5H3/t22-,23-,24-,30-/m1/s1. The smallest absolute Gasteiger partial charge is 0.280 e. The van der Waals surface area contributed by atoms with Crippen molar-refractivity contribution in [1.82, 2.24) is 18.8 Å². The second-order valence-electron chi connectivity index (χ2n) is 12.2. The predicted octanol–water partition coefficient (Wildman–Crippen LogP) is 3.48. The highest BCUT2D eigenvalue weighted by Gasteiger charge is 2.33. The fourth-order valence-corrected chi connectivity index (χ4v) is 7.54. The van der Waals surface area contributed by atoms with Crippen molar-refractivity contribution in [2.75, 3.05) is 38.1 Å². The van der Waals surface area contributed by atoms with Crippen LogP contribution < -0.4 is 9.46 Å². The molecule has 0 unspecified atom stereocenters. The van der Waals surface area contributed by atoms with Gasteiger partial charge in [-0.15, -0.1) is 0 Å². The largest absolute Gasteiger partial charge is 0.490 e. The van der Waals surface area contributed by atoms with Gasteiger partial charge in [0.05, 0.1) is 41.6 Å². The number of sulfonamides is 2. The Kier molecular flexibility index (Phi) is 12.2. The maximum absolute atomic E-state index is 14.3. The number of carbonyl (C=O) groups excluding carboxylic acids is 1. The Balaban J connectivity index is 1.67. The summed E-state index contributed by atoms with van der Waals surface area (Å²) in [4.78, 5) is 19.6. The molecule has 0 bridgehead atoms. The van der Waals surface area contributed by atoms with Gasteiger partial charge in [0.2, 0.25) is 10.0 Å². The van der Waals surface area contributed by atoms with Crippen LogP contribution in [0.25, 0.3) is 0 Å². The number of aliphatic hydroxyl groups is 1. The molecule has 264 valence electrons. The molecule has 16 heteroatoms. The van der Waals surface area contributed by atoms with Crippen molar-refractivity contribution in [3.63, 3.8) is 0 Å². The van der Waals surface area contributed by atoms with Gasteiger partial charge in [0.25, 0.3) is 15.9 Å². The van der Waals surface area contributed by atoms with Crippen LogP contribution in [0.4, 0.5) is 10.1 Å². The van der Waals surface area contributed by atoms with E-state index in [0.717, 1.165) is 22.9 Å². The van der Waals surface area contributed by atoms with E-state index in [2.05, 4.69) is 9.71 Å². The number of nitrogens with zero attached hydrogens (tertiary/aromatic N) is 4. The number of rotatable bonds is 9. The van der Waals surface area contributed by atoms with E-state index in [1.54, 1.807) is 14.0 Å². The first-order chi connectivity index (χ1) is 22.6. The van der Waals surface area contributed by atoms with Crippen LogP contribution in [-0.2, 0) is 31.8 Å². The van der Waals surface area contributed by atoms with Gasteiger partial charge in [0.15, 0.2) is 5.03 Å². The molecule has 2 N–H and O–H groups in total. The summed E-state index contributed by atoms with van der Waals surface area (Å²) in [7, 11) is -4.99. The summed E-state index contributed by atoms with van der Waals surface area (Å²) in [6.07, 6.45) is 3.78. The second-order valence-corrected chi connectivity index (χ2v) is 15.9. The Morgan fingerprint density at radius 3 is 2.48 bits per heavy atom. The molecule has 1 aliphatic rings. The van der Waals surface area contributed by atoms with Crippen LogP contribution in [0.3, 0.4) is 0 Å². The number of halogens is 1. The highest BCUT2D eigenvalue weighted by Crippen LogP contribution is 2.29. The number of anilines is 1. The number of aromatic nitrogens is 2. The zero-order valence-electron chi connectivity index (χ0n) is 27.7. The maximum Gasteiger partial charge on any atom is 0.280 e. The lowest BCUT2D eigenvalue weighted by molar-refractivity contribution is -0.00834. The van der Waals surface area contributed by atoms with E-state index in [0.29, 0.717) is 19.4 Å². The predicted molar refractivity (Wildman–Crippen MR) is 177 cm³/mol. The minimum atomic E-state index is -4.07. The molecule has 13 nitrogen and oxygen atoms in total. The average molecular weight is 710 g/mol. The molecule has 2 heterocycles. The van der Waals surface area contributed by atoms with Gasteiger partial charge < -0.3 is 24.0 Å². The van der Waals surface area contributed by atoms with Crippen LogP contribution >= 0.6 is 0 Å². The zero-order valence-corrected chi connectivity index (χ0v) is 29.4. The number of aryl methyl sites for hydroxylation is 1. The Hall–Kier alpha value is -3.57. The zero-order chi connectivity index (χ0) is 35.2. The molecule has 0 radical (unpaired) electrons. The first-order valence-corrected chi connectivity index (χ1v) is 18.6. The number of hydrogen-bond acceptors (Lipinski definition) is 9. The molecule has 0 saturated carbocycles. The van der Waals surface area contributed by atoms with Gasteiger partial charge in [0.1, 0.15) is 11.6 Å². The number of hydrogen-bond donors (Lipinski definition) is 2. The summed E-state index contributed by atoms with van der Waals surface area (Å²) in [5.74, 6) is -1.24. The van der Waals surface area contributed by atoms with Crippen LogP contribution in [-0.4, -0.2) is 98.2 Å². The first kappa shape index (κ1) is 37.3. The highest BCUT2D eigenvalue weighted by molar-refractivity contribution is 7.92. The summed E-state index contributed by atoms with van der Waals surface area (Å²) < 4.78 is 83.8. The van der Waals surface area contributed by atoms with Gasteiger partial charge in [0, 0.05) is 51.6 Å². The number of carbonyl (C=O) groups is 1. The monoisotopic (exact) mass is 709 g/mol. The van der Waals surface area contributed by atoms with E-state index < -0.39 is 49.8 Å². The molecular formula is C32H44FN5O8S2. The minimum Gasteiger partial charge on any atom is -0.490 e. The SMILES string of the molecule is C[C@@H]1CCCCO[C@H](CN(C)S(=O)(=O)c2ccc(F)cc2)[C@H](C)CN([C@H](C)CO)C(=O)c2cc(NS(=O)(=O)c3cn(C)cn3)ccc2O1. The number of likely N-dealkylation sites (N-methyl/N-ethyl adjacent to an activating group) is 1. The van der Waals surface area contributed by atoms with Crippen LogP contribution in [0.1, 0.15) is 50.4 Å². The number of imidazole rings is 1. The number of ether oxygens (including phenoxy) is 2. The van der Waals surface area contributed by atoms with Crippen LogP contribution in [0.2, 0.25) is 0 Å². The van der Waals surface area contributed by atoms with E-state index in [4.69, 9.17) is 9.47 Å². The number of amides is 1. The topological polar surface area (TPSA) is 160 Å². The lowest BCUT2D eigenvalue weighted by atomic mass is 10.0. The molecule has 0 saturated heterocycles. The van der Waals surface area contributed by atoms with Crippen LogP contribution in [0, 0.1) is 11.7 Å². The summed E-state index contributed by atoms with van der Waals surface area (Å²) in [6, 6.07) is 8.34. The fraction of sp³-hybridized carbons (Fsp3) is 0.500. The van der Waals surface area contributed by atoms with Crippen molar-refractivity contribution in [3.8, 4) is 5.75 Å². The average Bonchev–Trinajstić information content (AvgIpc) is 3.49. The number of benzene rings is 2. The molecular weight excluding hydrogens is 666 g/mol. The number of aliphatic hydroxyl groups excluding tert-OH is 1. The van der Waals surface area contributed by atoms with Crippen molar-refractivity contribution in [2.45, 2.75) is 68.2 Å². The van der Waals surface area contributed by atoms with Crippen LogP contribution in [0.5, 0.6) is 5.75 Å². The molecule has 3 aromatic rings. The minimum absolute atomic E-state index is 0.0496. The Bertz CT molecular complexity index is 1770. The molecule has 1 aliphatic heterocycles. The summed E-state index contributed by atoms with van der Waals surface area (Å²) in [5.41, 5.74) is 0.199. The van der Waals surface area contributed by atoms with Gasteiger partial charge in [-0.3, -0.25) is 9.52 Å². The molecule has 0 spiro atoms. The summed E-state index contributed by atoms with van der Waals surface area (Å²) >= 11 is 0. The molecule has 4 atom stereocenters. The number of nitrogens with one attached hydrogen (secondary N) is 1. The van der Waals surface area contributed by atoms with Crippen molar-refractivity contribution in [1.29, 1.82) is 0 Å². The van der Waals surface area contributed by atoms with Gasteiger partial charge in [-0.2, -0.15) is 12.7 Å². The molecule has 1 amide bonds. The molecule has 4 rings (SSSR count). The Labute approximate surface area is 281 Å². The fourth-order valence-electron chi connectivity index (χ4n) is 5.32. The Morgan fingerprint density at radius 1 is 1.12 bits per heavy atom. The quantitative estimate of drug-likeness (QED) is 0.339. The molecule has 0 fully saturated rings. The van der Waals surface area contributed by atoms with Gasteiger partial charge in [-0.25, -0.2) is 17.8 Å². The van der Waals surface area contributed by atoms with Crippen molar-refractivity contribution in [2.24, 2.45) is 13.0 Å². The van der Waals surface area contributed by atoms with Crippen molar-refractivity contribution >= 4 is 31.6 Å². The van der Waals surface area contributed by atoms with E-state index in [9.17, 15) is 31.1 Å². The van der Waals surface area contributed by atoms with Crippen molar-refractivity contribution in [3.05, 3.63) is 66.4 Å².